The minimum Gasteiger partial charge on any atom is -0.465 e. The lowest BCUT2D eigenvalue weighted by molar-refractivity contribution is 0.0817. The molecule has 0 spiro atoms. The highest BCUT2D eigenvalue weighted by atomic mass is 28.3. The van der Waals surface area contributed by atoms with Crippen molar-refractivity contribution in [2.75, 3.05) is 19.7 Å². The summed E-state index contributed by atoms with van der Waals surface area (Å²) in [5, 5.41) is 9.79. The van der Waals surface area contributed by atoms with Gasteiger partial charge < -0.3 is 19.3 Å². The monoisotopic (exact) mass is 404 g/mol. The fourth-order valence-corrected chi connectivity index (χ4v) is 4.13. The van der Waals surface area contributed by atoms with Crippen LogP contribution in [-0.4, -0.2) is 64.2 Å². The minimum absolute atomic E-state index is 0.0326. The van der Waals surface area contributed by atoms with Gasteiger partial charge >= 0.3 is 6.09 Å². The number of likely N-dealkylation sites (tertiary alicyclic amines) is 1. The topological polar surface area (TPSA) is 97.5 Å². The first-order valence-electron chi connectivity index (χ1n) is 9.66. The summed E-state index contributed by atoms with van der Waals surface area (Å²) in [5.41, 5.74) is 1.11. The summed E-state index contributed by atoms with van der Waals surface area (Å²) in [6, 6.07) is 2.96. The van der Waals surface area contributed by atoms with E-state index in [1.54, 1.807) is 0 Å². The van der Waals surface area contributed by atoms with Crippen molar-refractivity contribution in [3.63, 3.8) is 0 Å². The Morgan fingerprint density at radius 3 is 2.61 bits per heavy atom. The number of carboxylic acid groups (broad SMARTS) is 1. The van der Waals surface area contributed by atoms with Gasteiger partial charge in [0.15, 0.2) is 5.78 Å². The van der Waals surface area contributed by atoms with E-state index in [0.29, 0.717) is 50.6 Å². The van der Waals surface area contributed by atoms with E-state index in [4.69, 9.17) is 9.84 Å². The molecule has 2 aromatic heterocycles. The van der Waals surface area contributed by atoms with Crippen molar-refractivity contribution < 1.29 is 19.4 Å². The number of piperidine rings is 1. The lowest BCUT2D eigenvalue weighted by atomic mass is 9.90. The molecule has 0 unspecified atom stereocenters. The summed E-state index contributed by atoms with van der Waals surface area (Å²) in [6.07, 6.45) is 3.41. The van der Waals surface area contributed by atoms with Crippen LogP contribution in [0.5, 0.6) is 0 Å². The first-order chi connectivity index (χ1) is 13.3. The average Bonchev–Trinajstić information content (AvgIpc) is 3.07. The first-order valence-corrected chi connectivity index (χ1v) is 13.4. The second kappa shape index (κ2) is 8.40. The Labute approximate surface area is 165 Å². The van der Waals surface area contributed by atoms with Gasteiger partial charge in [-0.2, -0.15) is 0 Å². The quantitative estimate of drug-likeness (QED) is 0.432. The maximum Gasteiger partial charge on any atom is 0.407 e. The molecule has 8 nitrogen and oxygen atoms in total. The van der Waals surface area contributed by atoms with E-state index in [2.05, 4.69) is 29.6 Å². The van der Waals surface area contributed by atoms with Crippen LogP contribution >= 0.6 is 0 Å². The molecule has 152 valence electrons. The van der Waals surface area contributed by atoms with Crippen LogP contribution in [0.3, 0.4) is 0 Å². The number of ketones is 1. The van der Waals surface area contributed by atoms with Gasteiger partial charge in [-0.1, -0.05) is 19.6 Å². The number of nitrogens with zero attached hydrogens (tertiary/aromatic N) is 4. The maximum atomic E-state index is 13.0. The zero-order chi connectivity index (χ0) is 20.3. The minimum atomic E-state index is -1.13. The fourth-order valence-electron chi connectivity index (χ4n) is 3.37. The van der Waals surface area contributed by atoms with Gasteiger partial charge in [0, 0.05) is 45.3 Å². The Balaban J connectivity index is 1.69. The van der Waals surface area contributed by atoms with E-state index >= 15 is 0 Å². The second-order valence-corrected chi connectivity index (χ2v) is 14.1. The van der Waals surface area contributed by atoms with Crippen molar-refractivity contribution in [3.8, 4) is 0 Å². The molecule has 0 bridgehead atoms. The number of rotatable bonds is 7. The molecule has 1 saturated heterocycles. The summed E-state index contributed by atoms with van der Waals surface area (Å²) >= 11 is 0. The number of hydrogen-bond donors (Lipinski definition) is 1. The zero-order valence-electron chi connectivity index (χ0n) is 16.7. The highest BCUT2D eigenvalue weighted by molar-refractivity contribution is 6.76. The normalized spacial score (nSPS) is 15.9. The van der Waals surface area contributed by atoms with Crippen LogP contribution in [0.1, 0.15) is 23.3 Å². The van der Waals surface area contributed by atoms with Crippen LogP contribution in [0.25, 0.3) is 11.0 Å². The van der Waals surface area contributed by atoms with E-state index in [1.807, 2.05) is 16.8 Å². The molecule has 9 heteroatoms. The van der Waals surface area contributed by atoms with Crippen molar-refractivity contribution in [1.29, 1.82) is 0 Å². The lowest BCUT2D eigenvalue weighted by Gasteiger charge is -2.28. The van der Waals surface area contributed by atoms with Crippen molar-refractivity contribution in [2.45, 2.75) is 45.3 Å². The van der Waals surface area contributed by atoms with Crippen LogP contribution in [0.15, 0.2) is 18.6 Å². The molecule has 0 saturated carbocycles. The smallest absolute Gasteiger partial charge is 0.407 e. The Bertz CT molecular complexity index is 853. The number of carbonyl (C=O) groups is 2. The zero-order valence-corrected chi connectivity index (χ0v) is 17.7. The Hall–Kier alpha value is -2.26. The summed E-state index contributed by atoms with van der Waals surface area (Å²) in [4.78, 5) is 34.0. The predicted molar refractivity (Wildman–Crippen MR) is 108 cm³/mol. The number of carbonyl (C=O) groups excluding carboxylic acids is 1. The van der Waals surface area contributed by atoms with Gasteiger partial charge in [-0.25, -0.2) is 14.8 Å². The summed E-state index contributed by atoms with van der Waals surface area (Å²) in [6.45, 7) is 8.82. The van der Waals surface area contributed by atoms with Crippen LogP contribution in [0.2, 0.25) is 25.7 Å². The standard InChI is InChI=1S/C19H28N4O4Si/c1-28(2,3)11-10-27-13-23-9-6-15-16(20-12-21-18(15)23)17(24)14-4-7-22(8-5-14)19(25)26/h6,9,12,14H,4-5,7-8,10-11,13H2,1-3H3,(H,25,26). The molecular weight excluding hydrogens is 376 g/mol. The number of amides is 1. The van der Waals surface area contributed by atoms with Crippen LogP contribution in [-0.2, 0) is 11.5 Å². The first kappa shape index (κ1) is 20.5. The van der Waals surface area contributed by atoms with E-state index in [0.717, 1.165) is 11.4 Å². The molecule has 1 aliphatic heterocycles. The highest BCUT2D eigenvalue weighted by Gasteiger charge is 2.29. The number of ether oxygens (including phenoxy) is 1. The van der Waals surface area contributed by atoms with E-state index < -0.39 is 14.2 Å². The Kier molecular flexibility index (Phi) is 6.14. The van der Waals surface area contributed by atoms with Gasteiger partial charge in [-0.05, 0) is 25.0 Å². The molecule has 1 amide bonds. The van der Waals surface area contributed by atoms with Gasteiger partial charge in [0.05, 0.1) is 0 Å². The molecule has 1 fully saturated rings. The molecular formula is C19H28N4O4Si. The number of aromatic nitrogens is 3. The van der Waals surface area contributed by atoms with E-state index in [9.17, 15) is 9.59 Å². The SMILES string of the molecule is C[Si](C)(C)CCOCn1ccc2c(C(=O)C3CCN(C(=O)O)CC3)ncnc21. The number of fused-ring (bicyclic) bond motifs is 1. The molecule has 3 heterocycles. The Morgan fingerprint density at radius 1 is 1.25 bits per heavy atom. The third kappa shape index (κ3) is 4.77. The van der Waals surface area contributed by atoms with Gasteiger partial charge in [0.25, 0.3) is 0 Å². The fraction of sp³-hybridized carbons (Fsp3) is 0.579. The van der Waals surface area contributed by atoms with E-state index in [1.165, 1.54) is 11.2 Å². The number of hydrogen-bond acceptors (Lipinski definition) is 5. The third-order valence-corrected chi connectivity index (χ3v) is 6.86. The molecule has 1 aliphatic rings. The van der Waals surface area contributed by atoms with E-state index in [-0.39, 0.29) is 11.7 Å². The molecule has 3 rings (SSSR count). The molecule has 2 aromatic rings. The second-order valence-electron chi connectivity index (χ2n) is 8.50. The largest absolute Gasteiger partial charge is 0.465 e. The summed E-state index contributed by atoms with van der Waals surface area (Å²) in [7, 11) is -1.13. The van der Waals surface area contributed by atoms with Gasteiger partial charge in [0.1, 0.15) is 24.4 Å². The molecule has 1 N–H and O–H groups in total. The molecule has 28 heavy (non-hydrogen) atoms. The van der Waals surface area contributed by atoms with Crippen molar-refractivity contribution in [1.82, 2.24) is 19.4 Å². The van der Waals surface area contributed by atoms with Gasteiger partial charge in [-0.15, -0.1) is 0 Å². The van der Waals surface area contributed by atoms with Gasteiger partial charge in [-0.3, -0.25) is 4.79 Å². The van der Waals surface area contributed by atoms with Crippen LogP contribution < -0.4 is 0 Å². The van der Waals surface area contributed by atoms with Crippen molar-refractivity contribution >= 4 is 31.0 Å². The van der Waals surface area contributed by atoms with Crippen molar-refractivity contribution in [3.05, 3.63) is 24.3 Å². The van der Waals surface area contributed by atoms with Crippen LogP contribution in [0, 0.1) is 5.92 Å². The third-order valence-electron chi connectivity index (χ3n) is 5.15. The molecule has 0 radical (unpaired) electrons. The average molecular weight is 405 g/mol. The predicted octanol–water partition coefficient (Wildman–Crippen LogP) is 3.32. The van der Waals surface area contributed by atoms with Crippen LogP contribution in [0.4, 0.5) is 4.79 Å². The van der Waals surface area contributed by atoms with Crippen molar-refractivity contribution in [2.24, 2.45) is 5.92 Å². The Morgan fingerprint density at radius 2 is 1.96 bits per heavy atom. The van der Waals surface area contributed by atoms with Gasteiger partial charge in [0.2, 0.25) is 0 Å². The number of Topliss-reactive ketones (excluding diaryl/α,β-unsaturated/α-hetero) is 1. The molecule has 0 atom stereocenters. The molecule has 0 aliphatic carbocycles. The summed E-state index contributed by atoms with van der Waals surface area (Å²) < 4.78 is 7.70. The lowest BCUT2D eigenvalue weighted by Crippen LogP contribution is -2.39. The maximum absolute atomic E-state index is 13.0. The highest BCUT2D eigenvalue weighted by Crippen LogP contribution is 2.25. The molecule has 0 aromatic carbocycles. The summed E-state index contributed by atoms with van der Waals surface area (Å²) in [5.74, 6) is -0.236.